The van der Waals surface area contributed by atoms with Gasteiger partial charge in [0.2, 0.25) is 0 Å². The predicted molar refractivity (Wildman–Crippen MR) is 71.2 cm³/mol. The molecule has 1 rings (SSSR count). The molecule has 0 aliphatic rings. The number of hydrogen-bond donors (Lipinski definition) is 1. The normalized spacial score (nSPS) is 15.0. The molecule has 0 amide bonds. The molecule has 0 fully saturated rings. The second-order valence-corrected chi connectivity index (χ2v) is 5.20. The number of hydrogen-bond acceptors (Lipinski definition) is 3. The fraction of sp³-hybridized carbons (Fsp3) is 0.692. The Morgan fingerprint density at radius 1 is 1.44 bits per heavy atom. The van der Waals surface area contributed by atoms with Crippen molar-refractivity contribution in [2.45, 2.75) is 45.8 Å². The summed E-state index contributed by atoms with van der Waals surface area (Å²) in [6, 6.07) is 2.60. The Hall–Kier alpha value is -0.380. The van der Waals surface area contributed by atoms with Gasteiger partial charge in [0, 0.05) is 12.0 Å². The Kier molecular flexibility index (Phi) is 6.03. The van der Waals surface area contributed by atoms with E-state index in [1.165, 1.54) is 10.4 Å². The van der Waals surface area contributed by atoms with Crippen LogP contribution in [0.2, 0.25) is 0 Å². The number of methoxy groups -OCH3 is 1. The van der Waals surface area contributed by atoms with Crippen LogP contribution in [0.25, 0.3) is 0 Å². The van der Waals surface area contributed by atoms with Crippen LogP contribution in [0.5, 0.6) is 0 Å². The maximum Gasteiger partial charge on any atom is 0.0766 e. The van der Waals surface area contributed by atoms with Crippen LogP contribution in [-0.4, -0.2) is 19.8 Å². The Bertz CT molecular complexity index is 298. The number of likely N-dealkylation sites (N-methyl/N-ethyl adjacent to an activating group) is 1. The standard InChI is InChI=1S/C13H23NOS/c1-5-7-12(15-4)13(14-6-2)11-8-10(3)16-9-11/h8-9,12-14H,5-7H2,1-4H3. The Morgan fingerprint density at radius 2 is 2.19 bits per heavy atom. The van der Waals surface area contributed by atoms with Gasteiger partial charge in [-0.25, -0.2) is 0 Å². The third kappa shape index (κ3) is 3.58. The van der Waals surface area contributed by atoms with Gasteiger partial charge in [-0.2, -0.15) is 0 Å². The van der Waals surface area contributed by atoms with Gasteiger partial charge < -0.3 is 10.1 Å². The van der Waals surface area contributed by atoms with Gasteiger partial charge in [-0.05, 0) is 36.9 Å². The predicted octanol–water partition coefficient (Wildman–Crippen LogP) is 3.52. The van der Waals surface area contributed by atoms with E-state index in [0.29, 0.717) is 6.04 Å². The molecule has 0 aromatic carbocycles. The van der Waals surface area contributed by atoms with E-state index in [2.05, 4.69) is 37.5 Å². The van der Waals surface area contributed by atoms with Crippen LogP contribution in [-0.2, 0) is 4.74 Å². The lowest BCUT2D eigenvalue weighted by Gasteiger charge is -2.26. The smallest absolute Gasteiger partial charge is 0.0766 e. The van der Waals surface area contributed by atoms with Crippen molar-refractivity contribution >= 4 is 11.3 Å². The summed E-state index contributed by atoms with van der Waals surface area (Å²) in [7, 11) is 1.81. The summed E-state index contributed by atoms with van der Waals surface area (Å²) in [6.45, 7) is 7.47. The van der Waals surface area contributed by atoms with Gasteiger partial charge in [0.1, 0.15) is 0 Å². The van der Waals surface area contributed by atoms with Crippen LogP contribution in [0.4, 0.5) is 0 Å². The zero-order valence-corrected chi connectivity index (χ0v) is 11.6. The van der Waals surface area contributed by atoms with Gasteiger partial charge in [0.15, 0.2) is 0 Å². The van der Waals surface area contributed by atoms with E-state index in [0.717, 1.165) is 19.4 Å². The van der Waals surface area contributed by atoms with Crippen molar-refractivity contribution in [2.75, 3.05) is 13.7 Å². The minimum Gasteiger partial charge on any atom is -0.379 e. The van der Waals surface area contributed by atoms with E-state index in [1.54, 1.807) is 0 Å². The second-order valence-electron chi connectivity index (χ2n) is 4.09. The highest BCUT2D eigenvalue weighted by Crippen LogP contribution is 2.26. The van der Waals surface area contributed by atoms with E-state index >= 15 is 0 Å². The van der Waals surface area contributed by atoms with Crippen LogP contribution < -0.4 is 5.32 Å². The molecule has 1 aromatic heterocycles. The fourth-order valence-electron chi connectivity index (χ4n) is 2.02. The Balaban J connectivity index is 2.79. The molecule has 0 saturated carbocycles. The summed E-state index contributed by atoms with van der Waals surface area (Å²) in [6.07, 6.45) is 2.53. The molecule has 1 heterocycles. The van der Waals surface area contributed by atoms with Crippen LogP contribution in [0.3, 0.4) is 0 Å². The minimum absolute atomic E-state index is 0.277. The second kappa shape index (κ2) is 7.05. The van der Waals surface area contributed by atoms with Crippen molar-refractivity contribution in [3.63, 3.8) is 0 Å². The first-order chi connectivity index (χ1) is 7.72. The molecular weight excluding hydrogens is 218 g/mol. The molecule has 2 unspecified atom stereocenters. The highest BCUT2D eigenvalue weighted by Gasteiger charge is 2.22. The third-order valence-electron chi connectivity index (χ3n) is 2.78. The molecule has 1 N–H and O–H groups in total. The summed E-state index contributed by atoms with van der Waals surface area (Å²) in [5, 5.41) is 5.77. The van der Waals surface area contributed by atoms with Crippen LogP contribution in [0.15, 0.2) is 11.4 Å². The maximum absolute atomic E-state index is 5.61. The molecule has 1 aromatic rings. The first-order valence-electron chi connectivity index (χ1n) is 6.04. The molecule has 16 heavy (non-hydrogen) atoms. The lowest BCUT2D eigenvalue weighted by atomic mass is 10.0. The monoisotopic (exact) mass is 241 g/mol. The highest BCUT2D eigenvalue weighted by atomic mass is 32.1. The zero-order valence-electron chi connectivity index (χ0n) is 10.7. The minimum atomic E-state index is 0.277. The fourth-order valence-corrected chi connectivity index (χ4v) is 2.76. The molecular formula is C13H23NOS. The largest absolute Gasteiger partial charge is 0.379 e. The SMILES string of the molecule is CCCC(OC)C(NCC)c1csc(C)c1. The van der Waals surface area contributed by atoms with Gasteiger partial charge in [-0.1, -0.05) is 20.3 Å². The number of rotatable bonds is 7. The molecule has 0 saturated heterocycles. The average molecular weight is 241 g/mol. The summed E-state index contributed by atoms with van der Waals surface area (Å²) in [4.78, 5) is 1.37. The lowest BCUT2D eigenvalue weighted by molar-refractivity contribution is 0.0612. The van der Waals surface area contributed by atoms with E-state index in [4.69, 9.17) is 4.74 Å². The quantitative estimate of drug-likeness (QED) is 0.788. The lowest BCUT2D eigenvalue weighted by Crippen LogP contribution is -2.32. The van der Waals surface area contributed by atoms with Gasteiger partial charge in [-0.3, -0.25) is 0 Å². The van der Waals surface area contributed by atoms with Crippen LogP contribution in [0.1, 0.15) is 43.2 Å². The van der Waals surface area contributed by atoms with Gasteiger partial charge >= 0.3 is 0 Å². The summed E-state index contributed by atoms with van der Waals surface area (Å²) >= 11 is 1.81. The number of aryl methyl sites for hydroxylation is 1. The first-order valence-corrected chi connectivity index (χ1v) is 6.92. The summed E-state index contributed by atoms with van der Waals surface area (Å²) in [5.74, 6) is 0. The topological polar surface area (TPSA) is 21.3 Å². The van der Waals surface area contributed by atoms with E-state index in [9.17, 15) is 0 Å². The van der Waals surface area contributed by atoms with Crippen molar-refractivity contribution in [1.29, 1.82) is 0 Å². The van der Waals surface area contributed by atoms with E-state index in [1.807, 2.05) is 18.4 Å². The molecule has 0 spiro atoms. The third-order valence-corrected chi connectivity index (χ3v) is 3.66. The Labute approximate surface area is 103 Å². The van der Waals surface area contributed by atoms with Gasteiger partial charge in [0.25, 0.3) is 0 Å². The maximum atomic E-state index is 5.61. The van der Waals surface area contributed by atoms with Crippen molar-refractivity contribution < 1.29 is 4.74 Å². The van der Waals surface area contributed by atoms with E-state index < -0.39 is 0 Å². The van der Waals surface area contributed by atoms with Crippen molar-refractivity contribution in [1.82, 2.24) is 5.32 Å². The molecule has 0 bridgehead atoms. The first kappa shape index (κ1) is 13.7. The van der Waals surface area contributed by atoms with E-state index in [-0.39, 0.29) is 6.10 Å². The molecule has 0 aliphatic carbocycles. The average Bonchev–Trinajstić information content (AvgIpc) is 2.70. The van der Waals surface area contributed by atoms with Gasteiger partial charge in [-0.15, -0.1) is 11.3 Å². The van der Waals surface area contributed by atoms with Crippen molar-refractivity contribution in [2.24, 2.45) is 0 Å². The highest BCUT2D eigenvalue weighted by molar-refractivity contribution is 7.10. The molecule has 3 heteroatoms. The van der Waals surface area contributed by atoms with Crippen molar-refractivity contribution in [3.8, 4) is 0 Å². The summed E-state index contributed by atoms with van der Waals surface area (Å²) in [5.41, 5.74) is 1.37. The molecule has 0 radical (unpaired) electrons. The van der Waals surface area contributed by atoms with Crippen LogP contribution in [0, 0.1) is 6.92 Å². The molecule has 2 atom stereocenters. The molecule has 92 valence electrons. The molecule has 2 nitrogen and oxygen atoms in total. The Morgan fingerprint density at radius 3 is 2.62 bits per heavy atom. The molecule has 0 aliphatic heterocycles. The summed E-state index contributed by atoms with van der Waals surface area (Å²) < 4.78 is 5.61. The zero-order chi connectivity index (χ0) is 12.0. The van der Waals surface area contributed by atoms with Gasteiger partial charge in [0.05, 0.1) is 12.1 Å². The number of ether oxygens (including phenoxy) is 1. The number of nitrogens with one attached hydrogen (secondary N) is 1. The van der Waals surface area contributed by atoms with Crippen molar-refractivity contribution in [3.05, 3.63) is 21.9 Å². The number of thiophene rings is 1. The van der Waals surface area contributed by atoms with Crippen LogP contribution >= 0.6 is 11.3 Å².